The zero-order valence-corrected chi connectivity index (χ0v) is 13.8. The highest BCUT2D eigenvalue weighted by Crippen LogP contribution is 2.43. The van der Waals surface area contributed by atoms with Crippen molar-refractivity contribution in [3.8, 4) is 0 Å². The van der Waals surface area contributed by atoms with E-state index in [0.29, 0.717) is 23.6 Å². The van der Waals surface area contributed by atoms with Crippen LogP contribution in [0.1, 0.15) is 42.1 Å². The second kappa shape index (κ2) is 5.65. The first kappa shape index (κ1) is 15.2. The summed E-state index contributed by atoms with van der Waals surface area (Å²) in [6.07, 6.45) is 5.58. The van der Waals surface area contributed by atoms with Crippen LogP contribution in [-0.4, -0.2) is 29.3 Å². The minimum atomic E-state index is -0.482. The summed E-state index contributed by atoms with van der Waals surface area (Å²) in [5, 5.41) is 0.819. The lowest BCUT2D eigenvalue weighted by Gasteiger charge is -2.24. The summed E-state index contributed by atoms with van der Waals surface area (Å²) in [5.41, 5.74) is 8.03. The van der Waals surface area contributed by atoms with Crippen LogP contribution in [0, 0.1) is 11.8 Å². The van der Waals surface area contributed by atoms with Gasteiger partial charge in [0.15, 0.2) is 0 Å². The molecule has 126 valence electrons. The van der Waals surface area contributed by atoms with E-state index >= 15 is 0 Å². The van der Waals surface area contributed by atoms with E-state index in [0.717, 1.165) is 36.6 Å². The van der Waals surface area contributed by atoms with E-state index in [9.17, 15) is 9.59 Å². The topological polar surface area (TPSA) is 76.5 Å². The third-order valence-corrected chi connectivity index (χ3v) is 5.72. The summed E-state index contributed by atoms with van der Waals surface area (Å²) in [5.74, 6) is 0.0895. The number of furan rings is 1. The van der Waals surface area contributed by atoms with Crippen LogP contribution >= 0.6 is 0 Å². The fourth-order valence-corrected chi connectivity index (χ4v) is 4.50. The number of rotatable bonds is 3. The summed E-state index contributed by atoms with van der Waals surface area (Å²) in [4.78, 5) is 26.8. The molecule has 3 atom stereocenters. The lowest BCUT2D eigenvalue weighted by atomic mass is 9.93. The Bertz CT molecular complexity index is 810. The zero-order valence-electron chi connectivity index (χ0n) is 13.8. The molecule has 2 heterocycles. The lowest BCUT2D eigenvalue weighted by Crippen LogP contribution is -2.46. The highest BCUT2D eigenvalue weighted by atomic mass is 16.3. The van der Waals surface area contributed by atoms with E-state index in [1.165, 1.54) is 6.26 Å². The number of nitrogens with zero attached hydrogens (tertiary/aromatic N) is 1. The van der Waals surface area contributed by atoms with Crippen molar-refractivity contribution in [2.75, 3.05) is 6.54 Å². The van der Waals surface area contributed by atoms with Crippen molar-refractivity contribution in [1.82, 2.24) is 4.90 Å². The largest absolute Gasteiger partial charge is 0.463 e. The molecule has 2 amide bonds. The van der Waals surface area contributed by atoms with Gasteiger partial charge in [0.05, 0.1) is 5.56 Å². The molecular weight excluding hydrogens is 304 g/mol. The molecule has 2 aliphatic rings. The van der Waals surface area contributed by atoms with Crippen molar-refractivity contribution in [2.24, 2.45) is 17.6 Å². The lowest BCUT2D eigenvalue weighted by molar-refractivity contribution is -0.122. The van der Waals surface area contributed by atoms with Crippen LogP contribution in [-0.2, 0) is 11.2 Å². The zero-order chi connectivity index (χ0) is 16.8. The normalized spacial score (nSPS) is 26.0. The molecule has 1 aliphatic carbocycles. The molecule has 0 radical (unpaired) electrons. The fourth-order valence-electron chi connectivity index (χ4n) is 4.50. The summed E-state index contributed by atoms with van der Waals surface area (Å²) in [6, 6.07) is 5.42. The Kier molecular flexibility index (Phi) is 3.59. The van der Waals surface area contributed by atoms with Crippen molar-refractivity contribution in [2.45, 2.75) is 38.6 Å². The van der Waals surface area contributed by atoms with Gasteiger partial charge in [-0.3, -0.25) is 9.59 Å². The maximum atomic E-state index is 13.1. The number of hydrogen-bond acceptors (Lipinski definition) is 3. The van der Waals surface area contributed by atoms with Crippen LogP contribution in [0.5, 0.6) is 0 Å². The quantitative estimate of drug-likeness (QED) is 0.942. The first-order valence-electron chi connectivity index (χ1n) is 8.70. The third kappa shape index (κ3) is 2.22. The van der Waals surface area contributed by atoms with Gasteiger partial charge in [0, 0.05) is 11.9 Å². The van der Waals surface area contributed by atoms with Gasteiger partial charge < -0.3 is 15.1 Å². The highest BCUT2D eigenvalue weighted by molar-refractivity contribution is 6.07. The third-order valence-electron chi connectivity index (χ3n) is 5.72. The van der Waals surface area contributed by atoms with E-state index < -0.39 is 6.04 Å². The summed E-state index contributed by atoms with van der Waals surface area (Å²) < 4.78 is 5.56. The number of amides is 2. The molecule has 5 nitrogen and oxygen atoms in total. The minimum absolute atomic E-state index is 0.139. The Morgan fingerprint density at radius 1 is 1.33 bits per heavy atom. The molecule has 0 unspecified atom stereocenters. The standard InChI is InChI=1S/C19H22N2O3/c1-2-11-6-7-16-14(8-11)15(10-24-16)19(23)21-9-12-4-3-5-13(12)17(21)18(20)22/h6-8,10,12-13,17H,2-5,9H2,1H3,(H2,20,22)/t12-,13-,17+/m0/s1. The molecule has 1 aromatic carbocycles. The fraction of sp³-hybridized carbons (Fsp3) is 0.474. The molecule has 2 fully saturated rings. The van der Waals surface area contributed by atoms with Crippen molar-refractivity contribution in [1.29, 1.82) is 0 Å². The second-order valence-electron chi connectivity index (χ2n) is 6.99. The van der Waals surface area contributed by atoms with Crippen molar-refractivity contribution >= 4 is 22.8 Å². The number of benzene rings is 1. The molecule has 1 aliphatic heterocycles. The molecular formula is C19H22N2O3. The molecule has 1 saturated heterocycles. The van der Waals surface area contributed by atoms with Gasteiger partial charge in [0.25, 0.3) is 5.91 Å². The average molecular weight is 326 g/mol. The summed E-state index contributed by atoms with van der Waals surface area (Å²) in [6.45, 7) is 2.70. The van der Waals surface area contributed by atoms with E-state index in [1.807, 2.05) is 18.2 Å². The molecule has 1 saturated carbocycles. The molecule has 24 heavy (non-hydrogen) atoms. The maximum absolute atomic E-state index is 13.1. The van der Waals surface area contributed by atoms with Gasteiger partial charge in [-0.05, 0) is 48.8 Å². The molecule has 0 spiro atoms. The first-order chi connectivity index (χ1) is 11.6. The molecule has 5 heteroatoms. The van der Waals surface area contributed by atoms with Crippen LogP contribution in [0.3, 0.4) is 0 Å². The average Bonchev–Trinajstić information content (AvgIpc) is 3.26. The molecule has 1 aromatic heterocycles. The number of aryl methyl sites for hydroxylation is 1. The predicted molar refractivity (Wildman–Crippen MR) is 90.4 cm³/mol. The predicted octanol–water partition coefficient (Wildman–Crippen LogP) is 2.72. The van der Waals surface area contributed by atoms with Crippen LogP contribution in [0.2, 0.25) is 0 Å². The van der Waals surface area contributed by atoms with Gasteiger partial charge >= 0.3 is 0 Å². The Labute approximate surface area is 140 Å². The Morgan fingerprint density at radius 3 is 2.92 bits per heavy atom. The monoisotopic (exact) mass is 326 g/mol. The van der Waals surface area contributed by atoms with E-state index in [4.69, 9.17) is 10.2 Å². The number of nitrogens with two attached hydrogens (primary N) is 1. The van der Waals surface area contributed by atoms with Gasteiger partial charge in [-0.15, -0.1) is 0 Å². The minimum Gasteiger partial charge on any atom is -0.463 e. The van der Waals surface area contributed by atoms with E-state index in [1.54, 1.807) is 4.90 Å². The van der Waals surface area contributed by atoms with Gasteiger partial charge in [-0.25, -0.2) is 0 Å². The smallest absolute Gasteiger partial charge is 0.258 e. The highest BCUT2D eigenvalue weighted by Gasteiger charge is 2.49. The van der Waals surface area contributed by atoms with Crippen molar-refractivity contribution in [3.05, 3.63) is 35.6 Å². The summed E-state index contributed by atoms with van der Waals surface area (Å²) >= 11 is 0. The van der Waals surface area contributed by atoms with Crippen LogP contribution in [0.25, 0.3) is 11.0 Å². The number of carbonyl (C=O) groups is 2. The van der Waals surface area contributed by atoms with Gasteiger partial charge in [0.2, 0.25) is 5.91 Å². The van der Waals surface area contributed by atoms with Crippen molar-refractivity contribution in [3.63, 3.8) is 0 Å². The number of fused-ring (bicyclic) bond motifs is 2. The number of carbonyl (C=O) groups excluding carboxylic acids is 2. The second-order valence-corrected chi connectivity index (χ2v) is 6.99. The number of primary amides is 1. The van der Waals surface area contributed by atoms with Crippen LogP contribution in [0.15, 0.2) is 28.9 Å². The van der Waals surface area contributed by atoms with E-state index in [2.05, 4.69) is 6.92 Å². The van der Waals surface area contributed by atoms with Gasteiger partial charge in [0.1, 0.15) is 17.9 Å². The van der Waals surface area contributed by atoms with Crippen molar-refractivity contribution < 1.29 is 14.0 Å². The van der Waals surface area contributed by atoms with Gasteiger partial charge in [-0.1, -0.05) is 19.4 Å². The summed E-state index contributed by atoms with van der Waals surface area (Å²) in [7, 11) is 0. The van der Waals surface area contributed by atoms with E-state index in [-0.39, 0.29) is 17.7 Å². The Morgan fingerprint density at radius 2 is 2.17 bits per heavy atom. The molecule has 2 aromatic rings. The number of hydrogen-bond donors (Lipinski definition) is 1. The Hall–Kier alpha value is -2.30. The van der Waals surface area contributed by atoms with Crippen LogP contribution in [0.4, 0.5) is 0 Å². The van der Waals surface area contributed by atoms with Crippen LogP contribution < -0.4 is 5.73 Å². The molecule has 0 bridgehead atoms. The molecule has 4 rings (SSSR count). The SMILES string of the molecule is CCc1ccc2occ(C(=O)N3C[C@@H]4CCC[C@@H]4[C@@H]3C(N)=O)c2c1. The Balaban J connectivity index is 1.72. The molecule has 2 N–H and O–H groups in total. The van der Waals surface area contributed by atoms with Gasteiger partial charge in [-0.2, -0.15) is 0 Å². The maximum Gasteiger partial charge on any atom is 0.258 e. The first-order valence-corrected chi connectivity index (χ1v) is 8.70. The number of likely N-dealkylation sites (tertiary alicyclic amines) is 1.